The van der Waals surface area contributed by atoms with Gasteiger partial charge in [0.1, 0.15) is 14.1 Å². The summed E-state index contributed by atoms with van der Waals surface area (Å²) in [6, 6.07) is 0. The molecule has 2 N–H and O–H groups in total. The predicted molar refractivity (Wildman–Crippen MR) is 63.2 cm³/mol. The Labute approximate surface area is 93.9 Å². The van der Waals surface area contributed by atoms with Crippen molar-refractivity contribution in [2.75, 3.05) is 19.8 Å². The van der Waals surface area contributed by atoms with E-state index in [2.05, 4.69) is 22.4 Å². The molecular formula is C5H13NO4S4. The molecule has 0 saturated heterocycles. The molecule has 86 valence electrons. The lowest BCUT2D eigenvalue weighted by Gasteiger charge is -2.22. The number of rotatable bonds is 5. The van der Waals surface area contributed by atoms with E-state index < -0.39 is 22.9 Å². The van der Waals surface area contributed by atoms with Crippen LogP contribution in [0.5, 0.6) is 0 Å². The summed E-state index contributed by atoms with van der Waals surface area (Å²) in [5.41, 5.74) is 0. The Hall–Kier alpha value is 0.620. The molecular weight excluding hydrogens is 266 g/mol. The standard InChI is InChI=1S/C5H13NO4S4/c1-6(2)5(14(9,10)12)3-4-13(7,8)11/h5H,3-4H2,1-2H3,(H,7,8,11)(H,9,10,12). The molecule has 0 spiro atoms. The lowest BCUT2D eigenvalue weighted by Crippen LogP contribution is -2.36. The van der Waals surface area contributed by atoms with Gasteiger partial charge in [0.2, 0.25) is 0 Å². The van der Waals surface area contributed by atoms with Crippen LogP contribution in [0.3, 0.4) is 0 Å². The molecule has 3 atom stereocenters. The first-order chi connectivity index (χ1) is 6.04. The monoisotopic (exact) mass is 279 g/mol. The smallest absolute Gasteiger partial charge is 0.158 e. The van der Waals surface area contributed by atoms with Gasteiger partial charge in [0, 0.05) is 22.4 Å². The molecule has 0 amide bonds. The highest BCUT2D eigenvalue weighted by Crippen LogP contribution is 2.09. The first-order valence-electron chi connectivity index (χ1n) is 3.62. The number of nitrogens with zero attached hydrogens (tertiary/aromatic N) is 1. The summed E-state index contributed by atoms with van der Waals surface area (Å²) in [5, 5.41) is -0.826. The molecule has 0 aromatic heterocycles. The zero-order chi connectivity index (χ0) is 11.6. The summed E-state index contributed by atoms with van der Waals surface area (Å²) in [7, 11) is -3.54. The van der Waals surface area contributed by atoms with Crippen LogP contribution >= 0.6 is 0 Å². The molecule has 9 heteroatoms. The minimum atomic E-state index is -3.41. The van der Waals surface area contributed by atoms with Gasteiger partial charge in [0.25, 0.3) is 0 Å². The summed E-state index contributed by atoms with van der Waals surface area (Å²) < 4.78 is 39.9. The van der Waals surface area contributed by atoms with Crippen molar-refractivity contribution < 1.29 is 17.5 Å². The molecule has 0 aliphatic rings. The van der Waals surface area contributed by atoms with Gasteiger partial charge in [-0.25, -0.2) is 8.42 Å². The lowest BCUT2D eigenvalue weighted by molar-refractivity contribution is 0.350. The van der Waals surface area contributed by atoms with Crippen molar-refractivity contribution >= 4 is 39.9 Å². The van der Waals surface area contributed by atoms with Gasteiger partial charge in [-0.3, -0.25) is 4.90 Å². The van der Waals surface area contributed by atoms with E-state index in [4.69, 9.17) is 9.11 Å². The highest BCUT2D eigenvalue weighted by atomic mass is 32.8. The molecule has 0 saturated carbocycles. The van der Waals surface area contributed by atoms with Gasteiger partial charge in [-0.05, 0) is 20.5 Å². The van der Waals surface area contributed by atoms with E-state index in [0.717, 1.165) is 0 Å². The van der Waals surface area contributed by atoms with Crippen LogP contribution in [0.2, 0.25) is 0 Å². The average molecular weight is 279 g/mol. The maximum Gasteiger partial charge on any atom is 0.158 e. The van der Waals surface area contributed by atoms with Crippen LogP contribution < -0.4 is 0 Å². The molecule has 0 heterocycles. The van der Waals surface area contributed by atoms with Crippen molar-refractivity contribution in [1.82, 2.24) is 4.90 Å². The molecule has 0 aliphatic carbocycles. The fraction of sp³-hybridized carbons (Fsp3) is 1.00. The van der Waals surface area contributed by atoms with Crippen LogP contribution in [-0.4, -0.2) is 47.6 Å². The Morgan fingerprint density at radius 3 is 1.93 bits per heavy atom. The van der Waals surface area contributed by atoms with Crippen molar-refractivity contribution in [2.24, 2.45) is 0 Å². The second kappa shape index (κ2) is 5.10. The van der Waals surface area contributed by atoms with Crippen LogP contribution in [0.1, 0.15) is 6.42 Å². The topological polar surface area (TPSA) is 77.8 Å². The Morgan fingerprint density at radius 2 is 1.71 bits per heavy atom. The van der Waals surface area contributed by atoms with Gasteiger partial charge >= 0.3 is 0 Å². The molecule has 5 nitrogen and oxygen atoms in total. The third-order valence-electron chi connectivity index (χ3n) is 1.54. The average Bonchev–Trinajstić information content (AvgIpc) is 1.79. The van der Waals surface area contributed by atoms with Gasteiger partial charge in [-0.1, -0.05) is 0 Å². The van der Waals surface area contributed by atoms with Gasteiger partial charge in [0.15, 0.2) is 8.77 Å². The molecule has 0 aliphatic heterocycles. The van der Waals surface area contributed by atoms with Crippen molar-refractivity contribution in [3.05, 3.63) is 0 Å². The normalized spacial score (nSPS) is 22.6. The molecule has 0 aromatic carbocycles. The van der Waals surface area contributed by atoms with Crippen LogP contribution in [0.25, 0.3) is 0 Å². The fourth-order valence-corrected chi connectivity index (χ4v) is 3.64. The summed E-state index contributed by atoms with van der Waals surface area (Å²) in [5.74, 6) is -0.209. The summed E-state index contributed by atoms with van der Waals surface area (Å²) in [6.45, 7) is 0. The van der Waals surface area contributed by atoms with E-state index in [9.17, 15) is 8.42 Å². The Morgan fingerprint density at radius 1 is 1.29 bits per heavy atom. The van der Waals surface area contributed by atoms with E-state index in [1.807, 2.05) is 0 Å². The first kappa shape index (κ1) is 14.6. The van der Waals surface area contributed by atoms with Gasteiger partial charge in [-0.15, -0.1) is 0 Å². The third-order valence-corrected chi connectivity index (χ3v) is 4.81. The summed E-state index contributed by atoms with van der Waals surface area (Å²) in [4.78, 5) is 1.45. The molecule has 0 bridgehead atoms. The Bertz CT molecular complexity index is 371. The van der Waals surface area contributed by atoms with E-state index in [0.29, 0.717) is 0 Å². The maximum atomic E-state index is 11.2. The first-order valence-corrected chi connectivity index (χ1v) is 8.73. The second-order valence-corrected chi connectivity index (χ2v) is 9.15. The Kier molecular flexibility index (Phi) is 5.33. The van der Waals surface area contributed by atoms with E-state index in [-0.39, 0.29) is 12.2 Å². The minimum absolute atomic E-state index is 0.0324. The molecule has 0 radical (unpaired) electrons. The van der Waals surface area contributed by atoms with Crippen molar-refractivity contribution in [1.29, 1.82) is 0 Å². The van der Waals surface area contributed by atoms with Crippen molar-refractivity contribution in [3.8, 4) is 0 Å². The maximum absolute atomic E-state index is 11.2. The summed E-state index contributed by atoms with van der Waals surface area (Å²) >= 11 is 8.67. The summed E-state index contributed by atoms with van der Waals surface area (Å²) in [6.07, 6.45) is 0.0324. The molecule has 0 aromatic rings. The number of hydrogen-bond acceptors (Lipinski definition) is 5. The van der Waals surface area contributed by atoms with Crippen LogP contribution in [0.15, 0.2) is 0 Å². The third kappa shape index (κ3) is 6.17. The van der Waals surface area contributed by atoms with Crippen LogP contribution in [0, 0.1) is 0 Å². The SMILES string of the molecule is CN(C)C(CCS(=O)(O)=S)S(=O)(O)=S. The zero-order valence-corrected chi connectivity index (χ0v) is 11.0. The van der Waals surface area contributed by atoms with Crippen LogP contribution in [0.4, 0.5) is 0 Å². The second-order valence-electron chi connectivity index (χ2n) is 3.01. The van der Waals surface area contributed by atoms with Crippen molar-refractivity contribution in [3.63, 3.8) is 0 Å². The zero-order valence-electron chi connectivity index (χ0n) is 7.78. The molecule has 14 heavy (non-hydrogen) atoms. The quantitative estimate of drug-likeness (QED) is 0.715. The largest absolute Gasteiger partial charge is 0.306 e. The molecule has 3 unspecified atom stereocenters. The number of hydrogen-bond donors (Lipinski definition) is 2. The van der Waals surface area contributed by atoms with Gasteiger partial charge in [-0.2, -0.15) is 0 Å². The minimum Gasteiger partial charge on any atom is -0.306 e. The van der Waals surface area contributed by atoms with Gasteiger partial charge < -0.3 is 9.11 Å². The Balaban J connectivity index is 4.59. The van der Waals surface area contributed by atoms with Crippen LogP contribution in [-0.2, 0) is 39.9 Å². The van der Waals surface area contributed by atoms with E-state index in [1.165, 1.54) is 4.90 Å². The van der Waals surface area contributed by atoms with E-state index in [1.54, 1.807) is 14.1 Å². The molecule has 0 rings (SSSR count). The van der Waals surface area contributed by atoms with Crippen molar-refractivity contribution in [2.45, 2.75) is 11.8 Å². The highest BCUT2D eigenvalue weighted by Gasteiger charge is 2.22. The lowest BCUT2D eigenvalue weighted by atomic mass is 10.4. The van der Waals surface area contributed by atoms with E-state index >= 15 is 0 Å². The predicted octanol–water partition coefficient (Wildman–Crippen LogP) is -0.297. The van der Waals surface area contributed by atoms with Gasteiger partial charge in [0.05, 0.1) is 5.75 Å². The fourth-order valence-electron chi connectivity index (χ4n) is 0.923. The highest BCUT2D eigenvalue weighted by molar-refractivity contribution is 8.30. The molecule has 0 fully saturated rings.